The first kappa shape index (κ1) is 18.9. The van der Waals surface area contributed by atoms with E-state index in [0.717, 1.165) is 19.7 Å². The molecule has 1 atom stereocenters. The number of thiophene rings is 1. The number of carbonyl (C=O) groups excluding carboxylic acids is 2. The highest BCUT2D eigenvalue weighted by molar-refractivity contribution is 7.99. The molecule has 2 aromatic rings. The number of hydrogen-bond acceptors (Lipinski definition) is 9. The van der Waals surface area contributed by atoms with Gasteiger partial charge in [0.25, 0.3) is 0 Å². The first-order chi connectivity index (χ1) is 11.4. The predicted octanol–water partition coefficient (Wildman–Crippen LogP) is 2.27. The Morgan fingerprint density at radius 3 is 2.79 bits per heavy atom. The summed E-state index contributed by atoms with van der Waals surface area (Å²) in [5.74, 6) is -0.667. The van der Waals surface area contributed by atoms with Gasteiger partial charge in [0.05, 0.1) is 28.5 Å². The van der Waals surface area contributed by atoms with Crippen LogP contribution in [-0.2, 0) is 14.3 Å². The summed E-state index contributed by atoms with van der Waals surface area (Å²) in [6.07, 6.45) is 0. The first-order valence-electron chi connectivity index (χ1n) is 6.91. The Hall–Kier alpha value is -1.46. The summed E-state index contributed by atoms with van der Waals surface area (Å²) in [5, 5.41) is 12.4. The topological polar surface area (TPSA) is 101 Å². The van der Waals surface area contributed by atoms with E-state index < -0.39 is 12.0 Å². The molecule has 0 aromatic carbocycles. The summed E-state index contributed by atoms with van der Waals surface area (Å²) >= 11 is 4.20. The average molecular weight is 388 g/mol. The number of anilines is 1. The molecule has 130 valence electrons. The largest absolute Gasteiger partial charge is 0.468 e. The van der Waals surface area contributed by atoms with Crippen molar-refractivity contribution in [2.24, 2.45) is 0 Å². The van der Waals surface area contributed by atoms with Crippen LogP contribution in [0.15, 0.2) is 16.3 Å². The van der Waals surface area contributed by atoms with Crippen molar-refractivity contribution in [3.8, 4) is 9.75 Å². The van der Waals surface area contributed by atoms with Crippen LogP contribution in [-0.4, -0.2) is 41.7 Å². The van der Waals surface area contributed by atoms with Gasteiger partial charge in [-0.3, -0.25) is 9.59 Å². The van der Waals surface area contributed by atoms with Gasteiger partial charge in [-0.15, -0.1) is 11.3 Å². The first-order valence-corrected chi connectivity index (χ1v) is 9.35. The minimum atomic E-state index is -0.776. The lowest BCUT2D eigenvalue weighted by Crippen LogP contribution is -2.36. The van der Waals surface area contributed by atoms with E-state index in [0.29, 0.717) is 5.13 Å². The Labute approximate surface area is 151 Å². The smallest absolute Gasteiger partial charge is 0.326 e. The molecule has 2 heterocycles. The maximum absolute atomic E-state index is 11.4. The second kappa shape index (κ2) is 8.58. The van der Waals surface area contributed by atoms with Gasteiger partial charge in [0.1, 0.15) is 6.04 Å². The number of carbonyl (C=O) groups is 2. The van der Waals surface area contributed by atoms with E-state index in [1.807, 2.05) is 19.1 Å². The number of ether oxygens (including phenoxy) is 1. The molecule has 0 saturated heterocycles. The number of amides is 1. The summed E-state index contributed by atoms with van der Waals surface area (Å²) in [6, 6.07) is 3.10. The predicted molar refractivity (Wildman–Crippen MR) is 96.4 cm³/mol. The van der Waals surface area contributed by atoms with Crippen molar-refractivity contribution >= 4 is 51.6 Å². The number of aryl methyl sites for hydroxylation is 1. The lowest BCUT2D eigenvalue weighted by Gasteiger charge is -2.11. The molecule has 0 aliphatic heterocycles. The lowest BCUT2D eigenvalue weighted by molar-refractivity contribution is -0.143. The molecule has 0 radical (unpaired) electrons. The molecule has 3 N–H and O–H groups in total. The molecule has 2 aromatic heterocycles. The zero-order valence-electron chi connectivity index (χ0n) is 13.3. The van der Waals surface area contributed by atoms with Gasteiger partial charge in [0.15, 0.2) is 5.13 Å². The van der Waals surface area contributed by atoms with Gasteiger partial charge in [-0.2, -0.15) is 0 Å². The number of aliphatic hydroxyl groups excluding tert-OH is 1. The highest BCUT2D eigenvalue weighted by atomic mass is 32.2. The number of esters is 1. The van der Waals surface area contributed by atoms with E-state index in [9.17, 15) is 14.7 Å². The Bertz CT molecular complexity index is 729. The molecule has 1 unspecified atom stereocenters. The molecule has 7 nitrogen and oxygen atoms in total. The standard InChI is InChI=1S/C14H17N3O4S3/c1-7-12(23-14(15-7)16-8(2)19)10-4-5-11(22-10)24-17-9(6-18)13(20)21-3/h4-5,9,17-18H,6H2,1-3H3,(H,15,16,19). The van der Waals surface area contributed by atoms with Crippen molar-refractivity contribution in [2.75, 3.05) is 19.0 Å². The third-order valence-corrected chi connectivity index (χ3v) is 6.23. The number of thiazole rings is 1. The van der Waals surface area contributed by atoms with E-state index in [4.69, 9.17) is 0 Å². The van der Waals surface area contributed by atoms with E-state index in [2.05, 4.69) is 19.8 Å². The molecule has 0 fully saturated rings. The van der Waals surface area contributed by atoms with Crippen LogP contribution in [0.1, 0.15) is 12.6 Å². The van der Waals surface area contributed by atoms with Gasteiger partial charge >= 0.3 is 5.97 Å². The summed E-state index contributed by atoms with van der Waals surface area (Å²) in [5.41, 5.74) is 0.845. The lowest BCUT2D eigenvalue weighted by atomic mass is 10.3. The van der Waals surface area contributed by atoms with Gasteiger partial charge in [0, 0.05) is 11.8 Å². The van der Waals surface area contributed by atoms with Gasteiger partial charge < -0.3 is 15.2 Å². The molecule has 0 aliphatic carbocycles. The zero-order valence-corrected chi connectivity index (χ0v) is 15.7. The van der Waals surface area contributed by atoms with E-state index in [1.165, 1.54) is 48.7 Å². The number of aliphatic hydroxyl groups is 1. The average Bonchev–Trinajstić information content (AvgIpc) is 3.13. The molecular formula is C14H17N3O4S3. The molecule has 0 spiro atoms. The molecule has 10 heteroatoms. The maximum atomic E-state index is 11.4. The summed E-state index contributed by atoms with van der Waals surface area (Å²) in [6.45, 7) is 2.99. The third kappa shape index (κ3) is 4.77. The normalized spacial score (nSPS) is 12.0. The van der Waals surface area contributed by atoms with Crippen LogP contribution >= 0.6 is 34.6 Å². The molecule has 0 bridgehead atoms. The fourth-order valence-corrected chi connectivity index (χ4v) is 4.82. The van der Waals surface area contributed by atoms with Gasteiger partial charge in [-0.25, -0.2) is 9.71 Å². The fraction of sp³-hybridized carbons (Fsp3) is 0.357. The van der Waals surface area contributed by atoms with Crippen LogP contribution < -0.4 is 10.0 Å². The Kier molecular flexibility index (Phi) is 6.75. The van der Waals surface area contributed by atoms with E-state index in [-0.39, 0.29) is 12.5 Å². The molecule has 1 amide bonds. The Morgan fingerprint density at radius 1 is 1.42 bits per heavy atom. The highest BCUT2D eigenvalue weighted by Crippen LogP contribution is 2.39. The Balaban J connectivity index is 2.06. The number of nitrogens with one attached hydrogen (secondary N) is 2. The van der Waals surface area contributed by atoms with Crippen LogP contribution in [0.3, 0.4) is 0 Å². The highest BCUT2D eigenvalue weighted by Gasteiger charge is 2.19. The van der Waals surface area contributed by atoms with Crippen LogP contribution in [0, 0.1) is 6.92 Å². The van der Waals surface area contributed by atoms with Crippen molar-refractivity contribution in [3.63, 3.8) is 0 Å². The maximum Gasteiger partial charge on any atom is 0.326 e. The van der Waals surface area contributed by atoms with Crippen molar-refractivity contribution < 1.29 is 19.4 Å². The van der Waals surface area contributed by atoms with Gasteiger partial charge in [-0.1, -0.05) is 11.3 Å². The minimum Gasteiger partial charge on any atom is -0.468 e. The number of hydrogen-bond donors (Lipinski definition) is 3. The summed E-state index contributed by atoms with van der Waals surface area (Å²) in [4.78, 5) is 28.9. The SMILES string of the molecule is COC(=O)C(CO)NSc1ccc(-c2sc(NC(C)=O)nc2C)s1. The monoisotopic (exact) mass is 387 g/mol. The molecule has 0 saturated carbocycles. The van der Waals surface area contributed by atoms with Crippen LogP contribution in [0.5, 0.6) is 0 Å². The second-order valence-corrected chi connectivity index (χ2v) is 7.93. The van der Waals surface area contributed by atoms with E-state index >= 15 is 0 Å². The molecule has 2 rings (SSSR count). The number of aromatic nitrogens is 1. The van der Waals surface area contributed by atoms with Crippen LogP contribution in [0.4, 0.5) is 5.13 Å². The van der Waals surface area contributed by atoms with Gasteiger partial charge in [-0.05, 0) is 31.0 Å². The van der Waals surface area contributed by atoms with Crippen molar-refractivity contribution in [3.05, 3.63) is 17.8 Å². The Morgan fingerprint density at radius 2 is 2.17 bits per heavy atom. The fourth-order valence-electron chi connectivity index (χ4n) is 1.76. The van der Waals surface area contributed by atoms with Gasteiger partial charge in [0.2, 0.25) is 5.91 Å². The second-order valence-electron chi connectivity index (χ2n) is 4.71. The molecular weight excluding hydrogens is 370 g/mol. The summed E-state index contributed by atoms with van der Waals surface area (Å²) in [7, 11) is 1.28. The van der Waals surface area contributed by atoms with E-state index in [1.54, 1.807) is 0 Å². The third-order valence-electron chi connectivity index (χ3n) is 2.85. The molecule has 24 heavy (non-hydrogen) atoms. The number of nitrogens with zero attached hydrogens (tertiary/aromatic N) is 1. The summed E-state index contributed by atoms with van der Waals surface area (Å²) < 4.78 is 8.42. The quantitative estimate of drug-likeness (QED) is 0.495. The zero-order chi connectivity index (χ0) is 17.7. The van der Waals surface area contributed by atoms with Crippen molar-refractivity contribution in [1.82, 2.24) is 9.71 Å². The van der Waals surface area contributed by atoms with Crippen molar-refractivity contribution in [1.29, 1.82) is 0 Å². The van der Waals surface area contributed by atoms with Crippen molar-refractivity contribution in [2.45, 2.75) is 24.1 Å². The number of rotatable bonds is 7. The minimum absolute atomic E-state index is 0.153. The molecule has 0 aliphatic rings. The number of methoxy groups -OCH3 is 1. The van der Waals surface area contributed by atoms with Crippen LogP contribution in [0.25, 0.3) is 9.75 Å². The van der Waals surface area contributed by atoms with Crippen LogP contribution in [0.2, 0.25) is 0 Å².